The molecule has 2 aromatic heterocycles. The summed E-state index contributed by atoms with van der Waals surface area (Å²) in [7, 11) is 1.23. The van der Waals surface area contributed by atoms with Crippen molar-refractivity contribution >= 4 is 39.1 Å². The molecule has 0 saturated carbocycles. The third kappa shape index (κ3) is 3.08. The summed E-state index contributed by atoms with van der Waals surface area (Å²) in [6, 6.07) is 5.43. The quantitative estimate of drug-likeness (QED) is 0.543. The maximum atomic E-state index is 13.5. The molecule has 0 saturated heterocycles. The number of halogens is 2. The lowest BCUT2D eigenvalue weighted by Gasteiger charge is -2.08. The van der Waals surface area contributed by atoms with Gasteiger partial charge < -0.3 is 5.32 Å². The molecular weight excluding hydrogens is 371 g/mol. The van der Waals surface area contributed by atoms with Crippen molar-refractivity contribution in [1.82, 2.24) is 18.8 Å². The van der Waals surface area contributed by atoms with Crippen LogP contribution in [0.5, 0.6) is 0 Å². The number of alkyl halides is 1. The normalized spacial score (nSPS) is 11.0. The highest BCUT2D eigenvalue weighted by atomic mass is 35.5. The summed E-state index contributed by atoms with van der Waals surface area (Å²) < 4.78 is 19.9. The Bertz CT molecular complexity index is 1090. The Balaban J connectivity index is 2.17. The summed E-state index contributed by atoms with van der Waals surface area (Å²) in [6.45, 7) is 0.289. The van der Waals surface area contributed by atoms with Crippen LogP contribution in [0.25, 0.3) is 15.8 Å². The van der Waals surface area contributed by atoms with Gasteiger partial charge in [0.15, 0.2) is 0 Å². The second kappa shape index (κ2) is 6.77. The van der Waals surface area contributed by atoms with Crippen LogP contribution in [0, 0.1) is 5.95 Å². The lowest BCUT2D eigenvalue weighted by molar-refractivity contribution is 0.0954. The molecule has 0 bridgehead atoms. The van der Waals surface area contributed by atoms with E-state index in [0.29, 0.717) is 10.1 Å². The minimum Gasteiger partial charge on any atom is -0.349 e. The molecule has 1 N–H and O–H groups in total. The number of nitrogens with one attached hydrogen (secondary N) is 1. The van der Waals surface area contributed by atoms with Crippen LogP contribution in [0.3, 0.4) is 0 Å². The molecule has 0 aliphatic carbocycles. The van der Waals surface area contributed by atoms with E-state index in [1.54, 1.807) is 12.1 Å². The number of hydrogen-bond donors (Lipinski definition) is 1. The van der Waals surface area contributed by atoms with Crippen LogP contribution in [0.1, 0.15) is 10.5 Å². The molecule has 10 heteroatoms. The largest absolute Gasteiger partial charge is 0.349 e. The molecule has 1 amide bonds. The van der Waals surface area contributed by atoms with Crippen LogP contribution >= 0.6 is 23.1 Å². The smallest absolute Gasteiger partial charge is 0.337 e. The zero-order chi connectivity index (χ0) is 18.1. The van der Waals surface area contributed by atoms with E-state index >= 15 is 0 Å². The third-order valence-corrected chi connectivity index (χ3v) is 4.58. The van der Waals surface area contributed by atoms with E-state index in [1.807, 2.05) is 0 Å². The van der Waals surface area contributed by atoms with Gasteiger partial charge >= 0.3 is 5.69 Å². The SMILES string of the molecule is Cn1c(F)cc(=O)n(-c2ccc3snc(C(=O)NCCCl)c3c2)c1=O. The zero-order valence-corrected chi connectivity index (χ0v) is 14.5. The van der Waals surface area contributed by atoms with E-state index in [0.717, 1.165) is 26.7 Å². The first-order valence-corrected chi connectivity index (χ1v) is 8.47. The molecular formula is C15H12ClFN4O3S. The monoisotopic (exact) mass is 382 g/mol. The minimum absolute atomic E-state index is 0.180. The van der Waals surface area contributed by atoms with Crippen molar-refractivity contribution in [2.24, 2.45) is 7.05 Å². The van der Waals surface area contributed by atoms with Crippen molar-refractivity contribution in [2.45, 2.75) is 0 Å². The van der Waals surface area contributed by atoms with E-state index in [9.17, 15) is 18.8 Å². The van der Waals surface area contributed by atoms with Crippen molar-refractivity contribution in [1.29, 1.82) is 0 Å². The maximum absolute atomic E-state index is 13.5. The van der Waals surface area contributed by atoms with Crippen molar-refractivity contribution in [3.05, 3.63) is 56.7 Å². The summed E-state index contributed by atoms with van der Waals surface area (Å²) >= 11 is 6.67. The highest BCUT2D eigenvalue weighted by Gasteiger charge is 2.16. The molecule has 0 unspecified atom stereocenters. The van der Waals surface area contributed by atoms with Gasteiger partial charge in [-0.05, 0) is 29.7 Å². The van der Waals surface area contributed by atoms with E-state index in [2.05, 4.69) is 9.69 Å². The first-order chi connectivity index (χ1) is 11.9. The van der Waals surface area contributed by atoms with Gasteiger partial charge in [-0.3, -0.25) is 14.2 Å². The van der Waals surface area contributed by atoms with E-state index in [1.165, 1.54) is 13.1 Å². The van der Waals surface area contributed by atoms with Gasteiger partial charge in [0, 0.05) is 24.9 Å². The van der Waals surface area contributed by atoms with Crippen molar-refractivity contribution < 1.29 is 9.18 Å². The van der Waals surface area contributed by atoms with E-state index in [-0.39, 0.29) is 23.8 Å². The van der Waals surface area contributed by atoms with Gasteiger partial charge in [-0.15, -0.1) is 11.6 Å². The number of carbonyl (C=O) groups excluding carboxylic acids is 1. The molecule has 0 aliphatic heterocycles. The molecule has 0 aliphatic rings. The highest BCUT2D eigenvalue weighted by Crippen LogP contribution is 2.24. The van der Waals surface area contributed by atoms with Crippen LogP contribution in [0.4, 0.5) is 4.39 Å². The molecule has 130 valence electrons. The van der Waals surface area contributed by atoms with E-state index in [4.69, 9.17) is 11.6 Å². The summed E-state index contributed by atoms with van der Waals surface area (Å²) in [5.41, 5.74) is -1.21. The predicted molar refractivity (Wildman–Crippen MR) is 93.5 cm³/mol. The molecule has 0 fully saturated rings. The fourth-order valence-corrected chi connectivity index (χ4v) is 3.16. The number of hydrogen-bond acceptors (Lipinski definition) is 5. The fraction of sp³-hybridized carbons (Fsp3) is 0.200. The molecule has 0 atom stereocenters. The van der Waals surface area contributed by atoms with Crippen molar-refractivity contribution in [2.75, 3.05) is 12.4 Å². The fourth-order valence-electron chi connectivity index (χ4n) is 2.31. The Labute approximate surface area is 149 Å². The molecule has 25 heavy (non-hydrogen) atoms. The Hall–Kier alpha value is -2.52. The van der Waals surface area contributed by atoms with Gasteiger partial charge in [0.1, 0.15) is 5.69 Å². The van der Waals surface area contributed by atoms with Gasteiger partial charge in [-0.2, -0.15) is 8.76 Å². The number of aromatic nitrogens is 3. The molecule has 0 radical (unpaired) electrons. The molecule has 3 aromatic rings. The second-order valence-electron chi connectivity index (χ2n) is 5.14. The van der Waals surface area contributed by atoms with Gasteiger partial charge in [-0.1, -0.05) is 0 Å². The van der Waals surface area contributed by atoms with Crippen LogP contribution in [-0.2, 0) is 7.05 Å². The molecule has 0 spiro atoms. The van der Waals surface area contributed by atoms with Crippen LogP contribution in [0.2, 0.25) is 0 Å². The number of amides is 1. The van der Waals surface area contributed by atoms with Gasteiger partial charge in [0.25, 0.3) is 11.5 Å². The van der Waals surface area contributed by atoms with Crippen LogP contribution in [0.15, 0.2) is 33.9 Å². The third-order valence-electron chi connectivity index (χ3n) is 3.57. The molecule has 7 nitrogen and oxygen atoms in total. The summed E-state index contributed by atoms with van der Waals surface area (Å²) in [5, 5.41) is 3.11. The van der Waals surface area contributed by atoms with Gasteiger partial charge in [0.2, 0.25) is 5.95 Å². The lowest BCUT2D eigenvalue weighted by atomic mass is 10.2. The van der Waals surface area contributed by atoms with Crippen LogP contribution in [-0.4, -0.2) is 31.8 Å². The Kier molecular flexibility index (Phi) is 4.69. The maximum Gasteiger partial charge on any atom is 0.337 e. The van der Waals surface area contributed by atoms with Crippen LogP contribution < -0.4 is 16.6 Å². The average molecular weight is 383 g/mol. The summed E-state index contributed by atoms with van der Waals surface area (Å²) in [4.78, 5) is 36.4. The average Bonchev–Trinajstić information content (AvgIpc) is 3.01. The molecule has 2 heterocycles. The topological polar surface area (TPSA) is 86.0 Å². The minimum atomic E-state index is -0.925. The Morgan fingerprint density at radius 1 is 1.36 bits per heavy atom. The molecule has 3 rings (SSSR count). The number of rotatable bonds is 4. The Morgan fingerprint density at radius 2 is 2.12 bits per heavy atom. The number of carbonyl (C=O) groups is 1. The summed E-state index contributed by atoms with van der Waals surface area (Å²) in [5.74, 6) is -1.06. The highest BCUT2D eigenvalue weighted by molar-refractivity contribution is 7.13. The van der Waals surface area contributed by atoms with E-state index < -0.39 is 23.1 Å². The van der Waals surface area contributed by atoms with Crippen molar-refractivity contribution in [3.8, 4) is 5.69 Å². The molecule has 1 aromatic carbocycles. The Morgan fingerprint density at radius 3 is 2.84 bits per heavy atom. The van der Waals surface area contributed by atoms with Gasteiger partial charge in [0.05, 0.1) is 16.5 Å². The first-order valence-electron chi connectivity index (χ1n) is 7.16. The predicted octanol–water partition coefficient (Wildman–Crippen LogP) is 1.25. The number of nitrogens with zero attached hydrogens (tertiary/aromatic N) is 3. The second-order valence-corrected chi connectivity index (χ2v) is 6.32. The van der Waals surface area contributed by atoms with Crippen molar-refractivity contribution in [3.63, 3.8) is 0 Å². The zero-order valence-electron chi connectivity index (χ0n) is 13.0. The number of benzene rings is 1. The standard InChI is InChI=1S/C15H12ClFN4O3S/c1-20-11(17)7-12(22)21(15(20)24)8-2-3-10-9(6-8)13(19-25-10)14(23)18-5-4-16/h2-3,6-7H,4-5H2,1H3,(H,18,23). The number of fused-ring (bicyclic) bond motifs is 1. The lowest BCUT2D eigenvalue weighted by Crippen LogP contribution is -2.38. The first kappa shape index (κ1) is 17.3. The summed E-state index contributed by atoms with van der Waals surface area (Å²) in [6.07, 6.45) is 0. The van der Waals surface area contributed by atoms with Gasteiger partial charge in [-0.25, -0.2) is 9.36 Å².